The molecule has 150 valence electrons. The highest BCUT2D eigenvalue weighted by Crippen LogP contribution is 2.27. The van der Waals surface area contributed by atoms with Crippen LogP contribution in [0.4, 0.5) is 11.6 Å². The molecule has 0 bridgehead atoms. The molecule has 1 fully saturated rings. The van der Waals surface area contributed by atoms with Crippen LogP contribution in [0.1, 0.15) is 30.8 Å². The van der Waals surface area contributed by atoms with E-state index >= 15 is 0 Å². The number of nitrogens with zero attached hydrogens (tertiary/aromatic N) is 4. The molecule has 4 rings (SSSR count). The van der Waals surface area contributed by atoms with Gasteiger partial charge in [-0.3, -0.25) is 4.98 Å². The van der Waals surface area contributed by atoms with Crippen LogP contribution >= 0.6 is 0 Å². The maximum atomic E-state index is 12.8. The van der Waals surface area contributed by atoms with Crippen LogP contribution in [0.15, 0.2) is 47.8 Å². The molecule has 1 aliphatic carbocycles. The third kappa shape index (κ3) is 4.41. The van der Waals surface area contributed by atoms with Crippen LogP contribution in [0, 0.1) is 13.8 Å². The van der Waals surface area contributed by atoms with Gasteiger partial charge in [0.2, 0.25) is 10.0 Å². The summed E-state index contributed by atoms with van der Waals surface area (Å²) >= 11 is 0. The van der Waals surface area contributed by atoms with Crippen LogP contribution in [0.2, 0.25) is 0 Å². The van der Waals surface area contributed by atoms with Crippen LogP contribution in [0.3, 0.4) is 0 Å². The Hall–Kier alpha value is -2.91. The molecule has 3 aromatic rings. The summed E-state index contributed by atoms with van der Waals surface area (Å²) in [6.07, 6.45) is 7.83. The molecule has 0 saturated heterocycles. The minimum Gasteiger partial charge on any atom is -0.325 e. The number of aromatic nitrogens is 4. The predicted molar refractivity (Wildman–Crippen MR) is 110 cm³/mol. The Kier molecular flexibility index (Phi) is 5.25. The molecule has 0 aliphatic heterocycles. The van der Waals surface area contributed by atoms with E-state index in [-0.39, 0.29) is 10.9 Å². The van der Waals surface area contributed by atoms with Crippen LogP contribution in [0.5, 0.6) is 0 Å². The van der Waals surface area contributed by atoms with Crippen LogP contribution in [-0.4, -0.2) is 34.4 Å². The quantitative estimate of drug-likeness (QED) is 0.642. The van der Waals surface area contributed by atoms with E-state index < -0.39 is 10.0 Å². The molecule has 0 amide bonds. The molecule has 0 atom stereocenters. The fraction of sp³-hybridized carbons (Fsp3) is 0.300. The molecule has 29 heavy (non-hydrogen) atoms. The number of nitrogens with one attached hydrogen (secondary N) is 2. The van der Waals surface area contributed by atoms with Gasteiger partial charge in [0.15, 0.2) is 0 Å². The average Bonchev–Trinajstić information content (AvgIpc) is 2.65. The summed E-state index contributed by atoms with van der Waals surface area (Å²) in [6.45, 7) is 3.52. The molecule has 9 heteroatoms. The van der Waals surface area contributed by atoms with E-state index in [4.69, 9.17) is 0 Å². The van der Waals surface area contributed by atoms with Crippen molar-refractivity contribution in [3.63, 3.8) is 0 Å². The normalized spacial score (nSPS) is 14.4. The molecule has 0 unspecified atom stereocenters. The summed E-state index contributed by atoms with van der Waals surface area (Å²) in [5.74, 6) is 1.89. The van der Waals surface area contributed by atoms with E-state index in [9.17, 15) is 8.42 Å². The summed E-state index contributed by atoms with van der Waals surface area (Å²) in [5, 5.41) is 3.14. The third-order valence-corrected chi connectivity index (χ3v) is 6.52. The topological polar surface area (TPSA) is 110 Å². The molecule has 0 radical (unpaired) electrons. The first-order chi connectivity index (χ1) is 13.9. The predicted octanol–water partition coefficient (Wildman–Crippen LogP) is 3.12. The van der Waals surface area contributed by atoms with Gasteiger partial charge in [0.1, 0.15) is 22.4 Å². The minimum atomic E-state index is -3.61. The monoisotopic (exact) mass is 410 g/mol. The number of hydrogen-bond acceptors (Lipinski definition) is 7. The van der Waals surface area contributed by atoms with Crippen LogP contribution < -0.4 is 10.0 Å². The number of hydrogen-bond donors (Lipinski definition) is 2. The zero-order valence-electron chi connectivity index (χ0n) is 16.3. The van der Waals surface area contributed by atoms with Crippen molar-refractivity contribution < 1.29 is 8.42 Å². The summed E-state index contributed by atoms with van der Waals surface area (Å²) in [7, 11) is -3.61. The van der Waals surface area contributed by atoms with Crippen molar-refractivity contribution in [2.24, 2.45) is 0 Å². The molecule has 1 saturated carbocycles. The van der Waals surface area contributed by atoms with Crippen molar-refractivity contribution in [2.75, 3.05) is 5.32 Å². The van der Waals surface area contributed by atoms with Gasteiger partial charge in [0, 0.05) is 30.2 Å². The van der Waals surface area contributed by atoms with Crippen molar-refractivity contribution in [1.29, 1.82) is 0 Å². The van der Waals surface area contributed by atoms with Gasteiger partial charge in [0.25, 0.3) is 0 Å². The van der Waals surface area contributed by atoms with Crippen molar-refractivity contribution in [3.8, 4) is 11.1 Å². The second-order valence-corrected chi connectivity index (χ2v) is 8.78. The number of anilines is 2. The van der Waals surface area contributed by atoms with E-state index in [0.29, 0.717) is 28.7 Å². The van der Waals surface area contributed by atoms with Gasteiger partial charge in [-0.25, -0.2) is 28.1 Å². The lowest BCUT2D eigenvalue weighted by Crippen LogP contribution is -2.39. The minimum absolute atomic E-state index is 0.0242. The molecule has 0 aromatic carbocycles. The lowest BCUT2D eigenvalue weighted by molar-refractivity contribution is 0.383. The van der Waals surface area contributed by atoms with E-state index in [1.54, 1.807) is 37.6 Å². The Morgan fingerprint density at radius 1 is 0.966 bits per heavy atom. The average molecular weight is 411 g/mol. The van der Waals surface area contributed by atoms with Gasteiger partial charge >= 0.3 is 0 Å². The van der Waals surface area contributed by atoms with Crippen LogP contribution in [-0.2, 0) is 10.0 Å². The van der Waals surface area contributed by atoms with Gasteiger partial charge in [-0.2, -0.15) is 0 Å². The fourth-order valence-corrected chi connectivity index (χ4v) is 4.61. The first-order valence-electron chi connectivity index (χ1n) is 9.43. The van der Waals surface area contributed by atoms with Gasteiger partial charge in [0.05, 0.1) is 5.69 Å². The molecule has 3 heterocycles. The first kappa shape index (κ1) is 19.4. The highest BCUT2D eigenvalue weighted by atomic mass is 32.2. The van der Waals surface area contributed by atoms with Gasteiger partial charge in [-0.15, -0.1) is 0 Å². The maximum absolute atomic E-state index is 12.8. The van der Waals surface area contributed by atoms with E-state index in [2.05, 4.69) is 30.0 Å². The number of pyridine rings is 2. The summed E-state index contributed by atoms with van der Waals surface area (Å²) in [5.41, 5.74) is 1.99. The lowest BCUT2D eigenvalue weighted by Gasteiger charge is -2.26. The Balaban J connectivity index is 1.63. The molecule has 8 nitrogen and oxygen atoms in total. The number of rotatable bonds is 6. The second-order valence-electron chi connectivity index (χ2n) is 7.10. The zero-order chi connectivity index (χ0) is 20.4. The van der Waals surface area contributed by atoms with E-state index in [1.807, 2.05) is 19.1 Å². The molecule has 0 spiro atoms. The molecule has 2 N–H and O–H groups in total. The SMILES string of the molecule is Cc1nccc(Nc2cc(-c3cnc(C)c(S(=O)(=O)NC4CCC4)c3)ccn2)n1. The fourth-order valence-electron chi connectivity index (χ4n) is 3.09. The van der Waals surface area contributed by atoms with Gasteiger partial charge < -0.3 is 5.32 Å². The van der Waals surface area contributed by atoms with E-state index in [0.717, 1.165) is 24.8 Å². The third-order valence-electron chi connectivity index (χ3n) is 4.88. The summed E-state index contributed by atoms with van der Waals surface area (Å²) < 4.78 is 28.4. The van der Waals surface area contributed by atoms with E-state index in [1.165, 1.54) is 0 Å². The summed E-state index contributed by atoms with van der Waals surface area (Å²) in [6, 6.07) is 7.09. The maximum Gasteiger partial charge on any atom is 0.242 e. The van der Waals surface area contributed by atoms with Gasteiger partial charge in [-0.05, 0) is 56.5 Å². The first-order valence-corrected chi connectivity index (χ1v) is 10.9. The highest BCUT2D eigenvalue weighted by Gasteiger charge is 2.26. The Morgan fingerprint density at radius 2 is 1.76 bits per heavy atom. The second kappa shape index (κ2) is 7.84. The Bertz CT molecular complexity index is 1150. The molecular formula is C20H22N6O2S. The highest BCUT2D eigenvalue weighted by molar-refractivity contribution is 7.89. The van der Waals surface area contributed by atoms with Gasteiger partial charge in [-0.1, -0.05) is 6.42 Å². The summed E-state index contributed by atoms with van der Waals surface area (Å²) in [4.78, 5) is 17.2. The standard InChI is InChI=1S/C20H22N6O2S/c1-13-18(29(27,28)26-17-4-3-5-17)10-16(12-23-13)15-6-8-22-20(11-15)25-19-7-9-21-14(2)24-19/h6-12,17,26H,3-5H2,1-2H3,(H,21,22,24,25). The van der Waals surface area contributed by atoms with Crippen molar-refractivity contribution in [3.05, 3.63) is 54.4 Å². The Morgan fingerprint density at radius 3 is 2.48 bits per heavy atom. The molecular weight excluding hydrogens is 388 g/mol. The largest absolute Gasteiger partial charge is 0.325 e. The smallest absolute Gasteiger partial charge is 0.242 e. The number of aryl methyl sites for hydroxylation is 2. The molecule has 1 aliphatic rings. The Labute approximate surface area is 169 Å². The zero-order valence-corrected chi connectivity index (χ0v) is 17.1. The van der Waals surface area contributed by atoms with Crippen molar-refractivity contribution in [2.45, 2.75) is 44.0 Å². The van der Waals surface area contributed by atoms with Crippen LogP contribution in [0.25, 0.3) is 11.1 Å². The lowest BCUT2D eigenvalue weighted by atomic mass is 9.94. The van der Waals surface area contributed by atoms with Crippen molar-refractivity contribution >= 4 is 21.7 Å². The number of sulfonamides is 1. The van der Waals surface area contributed by atoms with Crippen molar-refractivity contribution in [1.82, 2.24) is 24.7 Å². The molecule has 3 aromatic heterocycles.